The molecule has 7 atom stereocenters. The lowest BCUT2D eigenvalue weighted by Gasteiger charge is -2.40. The Morgan fingerprint density at radius 1 is 1.11 bits per heavy atom. The fraction of sp³-hybridized carbons (Fsp3) is 0.476. The fourth-order valence-electron chi connectivity index (χ4n) is 4.33. The summed E-state index contributed by atoms with van der Waals surface area (Å²) >= 11 is 0. The molecule has 7 heteroatoms. The summed E-state index contributed by atoms with van der Waals surface area (Å²) < 4.78 is 5.44. The molecule has 1 aliphatic heterocycles. The maximum Gasteiger partial charge on any atom is 0.233 e. The van der Waals surface area contributed by atoms with Crippen LogP contribution >= 0.6 is 0 Å². The topological polar surface area (TPSA) is 119 Å². The fourth-order valence-corrected chi connectivity index (χ4v) is 4.33. The Morgan fingerprint density at radius 2 is 1.79 bits per heavy atom. The highest BCUT2D eigenvalue weighted by Gasteiger charge is 2.60. The van der Waals surface area contributed by atoms with Crippen molar-refractivity contribution in [2.24, 2.45) is 5.92 Å². The van der Waals surface area contributed by atoms with Crippen LogP contribution in [-0.4, -0.2) is 63.6 Å². The molecule has 2 aromatic rings. The minimum atomic E-state index is -1.53. The van der Waals surface area contributed by atoms with Gasteiger partial charge in [-0.1, -0.05) is 49.4 Å². The van der Waals surface area contributed by atoms with Gasteiger partial charge in [0.15, 0.2) is 6.23 Å². The molecule has 2 fully saturated rings. The number of hydrogen-bond acceptors (Lipinski definition) is 6. The van der Waals surface area contributed by atoms with Gasteiger partial charge in [0, 0.05) is 0 Å². The largest absolute Gasteiger partial charge is 0.394 e. The molecule has 1 saturated carbocycles. The van der Waals surface area contributed by atoms with Gasteiger partial charge in [-0.15, -0.1) is 0 Å². The van der Waals surface area contributed by atoms with Crippen LogP contribution in [0.2, 0.25) is 0 Å². The van der Waals surface area contributed by atoms with Crippen molar-refractivity contribution in [3.63, 3.8) is 0 Å². The van der Waals surface area contributed by atoms with Gasteiger partial charge in [0.25, 0.3) is 0 Å². The Hall–Kier alpha value is -2.03. The van der Waals surface area contributed by atoms with Crippen LogP contribution in [0.15, 0.2) is 42.5 Å². The van der Waals surface area contributed by atoms with Crippen LogP contribution in [0.3, 0.4) is 0 Å². The molecule has 5 N–H and O–H groups in total. The number of amides is 1. The number of aliphatic hydroxyl groups excluding tert-OH is 4. The molecular formula is C21H25NO6. The molecule has 28 heavy (non-hydrogen) atoms. The first-order valence-electron chi connectivity index (χ1n) is 9.50. The molecule has 7 nitrogen and oxygen atoms in total. The number of carbonyl (C=O) groups is 1. The summed E-state index contributed by atoms with van der Waals surface area (Å²) in [5.74, 6) is -0.205. The molecule has 0 aromatic heterocycles. The van der Waals surface area contributed by atoms with Gasteiger partial charge < -0.3 is 30.5 Å². The molecule has 1 aliphatic carbocycles. The van der Waals surface area contributed by atoms with Gasteiger partial charge in [0.05, 0.1) is 12.0 Å². The highest BCUT2D eigenvalue weighted by Crippen LogP contribution is 2.56. The van der Waals surface area contributed by atoms with E-state index in [0.717, 1.165) is 16.3 Å². The summed E-state index contributed by atoms with van der Waals surface area (Å²) in [6.07, 6.45) is -6.11. The van der Waals surface area contributed by atoms with E-state index < -0.39 is 42.7 Å². The number of carbonyl (C=O) groups excluding carboxylic acids is 1. The Bertz CT molecular complexity index is 881. The number of fused-ring (bicyclic) bond motifs is 1. The second kappa shape index (κ2) is 7.09. The van der Waals surface area contributed by atoms with Crippen LogP contribution in [0.5, 0.6) is 0 Å². The Kier molecular flexibility index (Phi) is 4.89. The molecule has 0 radical (unpaired) electrons. The summed E-state index contributed by atoms with van der Waals surface area (Å²) in [5.41, 5.74) is 0.167. The second-order valence-electron chi connectivity index (χ2n) is 7.83. The maximum absolute atomic E-state index is 13.3. The molecule has 0 spiro atoms. The molecule has 2 aromatic carbocycles. The van der Waals surface area contributed by atoms with Crippen molar-refractivity contribution >= 4 is 16.7 Å². The van der Waals surface area contributed by atoms with E-state index in [1.165, 1.54) is 0 Å². The van der Waals surface area contributed by atoms with E-state index >= 15 is 0 Å². The van der Waals surface area contributed by atoms with Crippen LogP contribution in [0.4, 0.5) is 0 Å². The second-order valence-corrected chi connectivity index (χ2v) is 7.83. The van der Waals surface area contributed by atoms with Crippen LogP contribution in [0.25, 0.3) is 10.8 Å². The van der Waals surface area contributed by atoms with Crippen LogP contribution in [-0.2, 0) is 14.9 Å². The highest BCUT2D eigenvalue weighted by molar-refractivity contribution is 5.98. The lowest BCUT2D eigenvalue weighted by molar-refractivity contribution is -0.236. The third-order valence-electron chi connectivity index (χ3n) is 6.15. The van der Waals surface area contributed by atoms with Gasteiger partial charge in [-0.3, -0.25) is 4.79 Å². The summed E-state index contributed by atoms with van der Waals surface area (Å²) in [6.45, 7) is 1.46. The lowest BCUT2D eigenvalue weighted by atomic mass is 9.87. The molecule has 1 amide bonds. The van der Waals surface area contributed by atoms with Crippen LogP contribution in [0, 0.1) is 5.92 Å². The van der Waals surface area contributed by atoms with Crippen molar-refractivity contribution < 1.29 is 30.0 Å². The maximum atomic E-state index is 13.3. The van der Waals surface area contributed by atoms with E-state index in [9.17, 15) is 25.2 Å². The van der Waals surface area contributed by atoms with Gasteiger partial charge in [-0.25, -0.2) is 0 Å². The van der Waals surface area contributed by atoms with Crippen LogP contribution < -0.4 is 5.32 Å². The SMILES string of the molecule is C[C@@H]1C[C@@]1(C(=O)N[C@@H]1O[C@H](CO)[C@@H](O)[C@H](O)[C@H]1O)c1cccc2ccccc12. The predicted molar refractivity (Wildman–Crippen MR) is 101 cm³/mol. The van der Waals surface area contributed by atoms with Gasteiger partial charge in [-0.2, -0.15) is 0 Å². The van der Waals surface area contributed by atoms with Crippen molar-refractivity contribution in [1.82, 2.24) is 5.32 Å². The number of aliphatic hydroxyl groups is 4. The summed E-state index contributed by atoms with van der Waals surface area (Å²) in [6, 6.07) is 13.7. The Balaban J connectivity index is 1.63. The molecule has 1 saturated heterocycles. The zero-order valence-electron chi connectivity index (χ0n) is 15.5. The molecule has 150 valence electrons. The standard InChI is InChI=1S/C21H25NO6/c1-11-9-21(11,14-8-4-6-12-5-2-3-7-13(12)14)20(27)22-19-18(26)17(25)16(24)15(10-23)28-19/h2-8,11,15-19,23-26H,9-10H2,1H3,(H,22,27)/t11-,15-,16-,17+,18-,19-,21+/m1/s1. The normalized spacial score (nSPS) is 37.6. The summed E-state index contributed by atoms with van der Waals surface area (Å²) in [4.78, 5) is 13.3. The summed E-state index contributed by atoms with van der Waals surface area (Å²) in [5, 5.41) is 44.2. The first kappa shape index (κ1) is 19.3. The number of rotatable bonds is 4. The molecule has 2 aliphatic rings. The zero-order valence-corrected chi connectivity index (χ0v) is 15.5. The monoisotopic (exact) mass is 387 g/mol. The molecule has 4 rings (SSSR count). The zero-order chi connectivity index (χ0) is 20.1. The average Bonchev–Trinajstić information content (AvgIpc) is 3.40. The van der Waals surface area contributed by atoms with Crippen molar-refractivity contribution in [3.05, 3.63) is 48.0 Å². The van der Waals surface area contributed by atoms with Crippen molar-refractivity contribution in [2.45, 2.75) is 49.4 Å². The lowest BCUT2D eigenvalue weighted by Crippen LogP contribution is -2.64. The minimum Gasteiger partial charge on any atom is -0.394 e. The van der Waals surface area contributed by atoms with Gasteiger partial charge in [-0.05, 0) is 28.7 Å². The van der Waals surface area contributed by atoms with E-state index in [1.807, 2.05) is 49.4 Å². The van der Waals surface area contributed by atoms with E-state index in [2.05, 4.69) is 5.32 Å². The van der Waals surface area contributed by atoms with Gasteiger partial charge >= 0.3 is 0 Å². The first-order chi connectivity index (χ1) is 13.4. The van der Waals surface area contributed by atoms with Gasteiger partial charge in [0.1, 0.15) is 24.4 Å². The van der Waals surface area contributed by atoms with Crippen molar-refractivity contribution in [2.75, 3.05) is 6.61 Å². The smallest absolute Gasteiger partial charge is 0.233 e. The molecule has 0 unspecified atom stereocenters. The van der Waals surface area contributed by atoms with E-state index in [1.54, 1.807) is 0 Å². The third kappa shape index (κ3) is 2.91. The molecular weight excluding hydrogens is 362 g/mol. The molecule has 0 bridgehead atoms. The number of nitrogens with one attached hydrogen (secondary N) is 1. The number of hydrogen-bond donors (Lipinski definition) is 5. The van der Waals surface area contributed by atoms with E-state index in [0.29, 0.717) is 6.42 Å². The third-order valence-corrected chi connectivity index (χ3v) is 6.15. The quantitative estimate of drug-likeness (QED) is 0.505. The minimum absolute atomic E-state index is 0.100. The highest BCUT2D eigenvalue weighted by atomic mass is 16.6. The number of ether oxygens (including phenoxy) is 1. The van der Waals surface area contributed by atoms with Gasteiger partial charge in [0.2, 0.25) is 5.91 Å². The van der Waals surface area contributed by atoms with E-state index in [4.69, 9.17) is 4.74 Å². The molecule has 1 heterocycles. The Labute approximate surface area is 162 Å². The van der Waals surface area contributed by atoms with E-state index in [-0.39, 0.29) is 11.8 Å². The average molecular weight is 387 g/mol. The first-order valence-corrected chi connectivity index (χ1v) is 9.50. The van der Waals surface area contributed by atoms with Crippen molar-refractivity contribution in [3.8, 4) is 0 Å². The predicted octanol–water partition coefficient (Wildman–Crippen LogP) is 0.0335. The Morgan fingerprint density at radius 3 is 2.46 bits per heavy atom. The van der Waals surface area contributed by atoms with Crippen LogP contribution in [0.1, 0.15) is 18.9 Å². The summed E-state index contributed by atoms with van der Waals surface area (Å²) in [7, 11) is 0. The number of benzene rings is 2. The van der Waals surface area contributed by atoms with Crippen molar-refractivity contribution in [1.29, 1.82) is 0 Å².